The summed E-state index contributed by atoms with van der Waals surface area (Å²) in [4.78, 5) is -0.132. The van der Waals surface area contributed by atoms with Crippen LogP contribution >= 0.6 is 0 Å². The Hall–Kier alpha value is -1.08. The zero-order valence-electron chi connectivity index (χ0n) is 8.35. The van der Waals surface area contributed by atoms with E-state index in [9.17, 15) is 8.42 Å². The Kier molecular flexibility index (Phi) is 2.32. The Balaban J connectivity index is 3.37. The summed E-state index contributed by atoms with van der Waals surface area (Å²) in [5.41, 5.74) is 5.25. The van der Waals surface area contributed by atoms with Crippen molar-refractivity contribution in [1.29, 1.82) is 0 Å². The summed E-state index contributed by atoms with van der Waals surface area (Å²) in [6, 6.07) is 0. The van der Waals surface area contributed by atoms with Crippen molar-refractivity contribution in [3.63, 3.8) is 0 Å². The molecular formula is C7H14N4O2S. The topological polar surface area (TPSA) is 104 Å². The van der Waals surface area contributed by atoms with Gasteiger partial charge in [0.05, 0.1) is 11.7 Å². The van der Waals surface area contributed by atoms with Crippen LogP contribution in [0, 0.1) is 0 Å². The van der Waals surface area contributed by atoms with Crippen molar-refractivity contribution in [1.82, 2.24) is 9.78 Å². The van der Waals surface area contributed by atoms with Crippen molar-refractivity contribution in [2.24, 2.45) is 5.14 Å². The standard InChI is InChI=1S/C7H14N4O2S/c1-7(2,3)11-6(8)5(4-10-11)14(9,12)13/h4H,8H2,1-3H3,(H2,9,12,13). The molecule has 0 aliphatic carbocycles. The first-order valence-electron chi connectivity index (χ1n) is 4.01. The number of rotatable bonds is 1. The van der Waals surface area contributed by atoms with Crippen molar-refractivity contribution < 1.29 is 8.42 Å². The predicted octanol–water partition coefficient (Wildman–Crippen LogP) is -0.132. The molecule has 80 valence electrons. The van der Waals surface area contributed by atoms with Crippen molar-refractivity contribution in [2.75, 3.05) is 5.73 Å². The molecule has 0 unspecified atom stereocenters. The van der Waals surface area contributed by atoms with Crippen molar-refractivity contribution in [2.45, 2.75) is 31.2 Å². The number of nitrogen functional groups attached to an aromatic ring is 1. The maximum atomic E-state index is 11.0. The summed E-state index contributed by atoms with van der Waals surface area (Å²) in [7, 11) is -3.78. The third-order valence-corrected chi connectivity index (χ3v) is 2.64. The predicted molar refractivity (Wildman–Crippen MR) is 53.0 cm³/mol. The lowest BCUT2D eigenvalue weighted by Gasteiger charge is -2.20. The van der Waals surface area contributed by atoms with Crippen LogP contribution in [0.2, 0.25) is 0 Å². The van der Waals surface area contributed by atoms with E-state index in [-0.39, 0.29) is 16.3 Å². The summed E-state index contributed by atoms with van der Waals surface area (Å²) in [5.74, 6) is 0.0694. The van der Waals surface area contributed by atoms with Gasteiger partial charge in [0.15, 0.2) is 0 Å². The number of sulfonamides is 1. The molecule has 0 aliphatic heterocycles. The van der Waals surface area contributed by atoms with Crippen LogP contribution in [0.15, 0.2) is 11.1 Å². The van der Waals surface area contributed by atoms with Crippen LogP contribution in [0.4, 0.5) is 5.82 Å². The fourth-order valence-corrected chi connectivity index (χ4v) is 1.67. The highest BCUT2D eigenvalue weighted by molar-refractivity contribution is 7.89. The molecule has 0 atom stereocenters. The summed E-state index contributed by atoms with van der Waals surface area (Å²) in [6.07, 6.45) is 1.16. The van der Waals surface area contributed by atoms with Crippen LogP contribution in [-0.4, -0.2) is 18.2 Å². The third kappa shape index (κ3) is 1.88. The molecule has 1 rings (SSSR count). The molecular weight excluding hydrogens is 204 g/mol. The Morgan fingerprint density at radius 3 is 2.14 bits per heavy atom. The molecule has 0 radical (unpaired) electrons. The van der Waals surface area contributed by atoms with E-state index in [2.05, 4.69) is 5.10 Å². The van der Waals surface area contributed by atoms with Gasteiger partial charge in [-0.2, -0.15) is 5.10 Å². The van der Waals surface area contributed by atoms with E-state index in [1.54, 1.807) is 0 Å². The SMILES string of the molecule is CC(C)(C)n1ncc(S(N)(=O)=O)c1N. The Morgan fingerprint density at radius 2 is 1.93 bits per heavy atom. The molecule has 14 heavy (non-hydrogen) atoms. The number of hydrogen-bond acceptors (Lipinski definition) is 4. The Morgan fingerprint density at radius 1 is 1.43 bits per heavy atom. The van der Waals surface area contributed by atoms with Crippen molar-refractivity contribution in [3.8, 4) is 0 Å². The molecule has 0 aliphatic rings. The highest BCUT2D eigenvalue weighted by Gasteiger charge is 2.23. The average Bonchev–Trinajstić information content (AvgIpc) is 2.26. The molecule has 7 heteroatoms. The Bertz CT molecular complexity index is 441. The highest BCUT2D eigenvalue weighted by atomic mass is 32.2. The minimum Gasteiger partial charge on any atom is -0.383 e. The molecule has 0 spiro atoms. The number of nitrogens with zero attached hydrogens (tertiary/aromatic N) is 2. The van der Waals surface area contributed by atoms with Crippen molar-refractivity contribution >= 4 is 15.8 Å². The van der Waals surface area contributed by atoms with Crippen molar-refractivity contribution in [3.05, 3.63) is 6.20 Å². The first-order chi connectivity index (χ1) is 6.14. The van der Waals surface area contributed by atoms with Gasteiger partial charge < -0.3 is 5.73 Å². The number of primary sulfonamides is 1. The van der Waals surface area contributed by atoms with Gasteiger partial charge in [-0.15, -0.1) is 0 Å². The fourth-order valence-electron chi connectivity index (χ4n) is 1.10. The van der Waals surface area contributed by atoms with Gasteiger partial charge in [0.25, 0.3) is 0 Å². The van der Waals surface area contributed by atoms with E-state index in [0.29, 0.717) is 0 Å². The lowest BCUT2D eigenvalue weighted by atomic mass is 10.1. The molecule has 0 saturated heterocycles. The molecule has 0 aromatic carbocycles. The average molecular weight is 218 g/mol. The fraction of sp³-hybridized carbons (Fsp3) is 0.571. The maximum absolute atomic E-state index is 11.0. The van der Waals surface area contributed by atoms with Crippen LogP contribution in [0.25, 0.3) is 0 Å². The highest BCUT2D eigenvalue weighted by Crippen LogP contribution is 2.22. The minimum absolute atomic E-state index is 0.0694. The summed E-state index contributed by atoms with van der Waals surface area (Å²) in [5, 5.41) is 8.84. The maximum Gasteiger partial charge on any atom is 0.243 e. The summed E-state index contributed by atoms with van der Waals surface area (Å²) >= 11 is 0. The normalized spacial score (nSPS) is 13.1. The number of aromatic nitrogens is 2. The monoisotopic (exact) mass is 218 g/mol. The number of hydrogen-bond donors (Lipinski definition) is 2. The van der Waals surface area contributed by atoms with Gasteiger partial charge in [0.2, 0.25) is 10.0 Å². The van der Waals surface area contributed by atoms with Crippen LogP contribution in [0.3, 0.4) is 0 Å². The van der Waals surface area contributed by atoms with E-state index < -0.39 is 10.0 Å². The van der Waals surface area contributed by atoms with Gasteiger partial charge in [0.1, 0.15) is 10.7 Å². The Labute approximate surface area is 82.9 Å². The smallest absolute Gasteiger partial charge is 0.243 e. The summed E-state index contributed by atoms with van der Waals surface area (Å²) < 4.78 is 23.5. The quantitative estimate of drug-likeness (QED) is 0.685. The molecule has 4 N–H and O–H groups in total. The van der Waals surface area contributed by atoms with Crippen LogP contribution < -0.4 is 10.9 Å². The lowest BCUT2D eigenvalue weighted by molar-refractivity contribution is 0.361. The molecule has 1 heterocycles. The lowest BCUT2D eigenvalue weighted by Crippen LogP contribution is -2.25. The molecule has 1 aromatic rings. The summed E-state index contributed by atoms with van der Waals surface area (Å²) in [6.45, 7) is 5.59. The molecule has 0 bridgehead atoms. The van der Waals surface area contributed by atoms with Gasteiger partial charge in [0, 0.05) is 0 Å². The number of nitrogens with two attached hydrogens (primary N) is 2. The molecule has 0 amide bonds. The van der Waals surface area contributed by atoms with Gasteiger partial charge in [-0.25, -0.2) is 18.2 Å². The van der Waals surface area contributed by atoms with E-state index in [0.717, 1.165) is 6.20 Å². The number of anilines is 1. The van der Waals surface area contributed by atoms with Gasteiger partial charge in [-0.3, -0.25) is 0 Å². The van der Waals surface area contributed by atoms with E-state index >= 15 is 0 Å². The zero-order chi connectivity index (χ0) is 11.1. The van der Waals surface area contributed by atoms with E-state index in [4.69, 9.17) is 10.9 Å². The minimum atomic E-state index is -3.78. The largest absolute Gasteiger partial charge is 0.383 e. The van der Waals surface area contributed by atoms with Gasteiger partial charge in [-0.1, -0.05) is 0 Å². The van der Waals surface area contributed by atoms with E-state index in [1.165, 1.54) is 4.68 Å². The zero-order valence-corrected chi connectivity index (χ0v) is 9.17. The first kappa shape index (κ1) is 11.0. The van der Waals surface area contributed by atoms with Crippen LogP contribution in [0.1, 0.15) is 20.8 Å². The van der Waals surface area contributed by atoms with Gasteiger partial charge in [-0.05, 0) is 20.8 Å². The molecule has 0 saturated carbocycles. The second-order valence-corrected chi connectivity index (χ2v) is 5.55. The molecule has 0 fully saturated rings. The third-order valence-electron chi connectivity index (χ3n) is 1.71. The van der Waals surface area contributed by atoms with Gasteiger partial charge >= 0.3 is 0 Å². The van der Waals surface area contributed by atoms with Crippen LogP contribution in [-0.2, 0) is 15.6 Å². The molecule has 6 nitrogen and oxygen atoms in total. The van der Waals surface area contributed by atoms with E-state index in [1.807, 2.05) is 20.8 Å². The second kappa shape index (κ2) is 2.96. The molecule has 1 aromatic heterocycles. The second-order valence-electron chi connectivity index (χ2n) is 4.02. The van der Waals surface area contributed by atoms with Crippen LogP contribution in [0.5, 0.6) is 0 Å². The first-order valence-corrected chi connectivity index (χ1v) is 5.55.